The molecule has 106 valence electrons. The Bertz CT molecular complexity index is 581. The highest BCUT2D eigenvalue weighted by atomic mass is 32.1. The second-order valence-corrected chi connectivity index (χ2v) is 5.60. The van der Waals surface area contributed by atoms with Gasteiger partial charge in [0, 0.05) is 16.1 Å². The van der Waals surface area contributed by atoms with Gasteiger partial charge in [0.25, 0.3) is 5.91 Å². The summed E-state index contributed by atoms with van der Waals surface area (Å²) in [5.41, 5.74) is 4.96. The van der Waals surface area contributed by atoms with Crippen LogP contribution in [-0.2, 0) is 0 Å². The van der Waals surface area contributed by atoms with Crippen molar-refractivity contribution in [1.82, 2.24) is 5.32 Å². The van der Waals surface area contributed by atoms with E-state index >= 15 is 0 Å². The Balaban J connectivity index is 2.15. The molecule has 2 aromatic rings. The van der Waals surface area contributed by atoms with E-state index in [4.69, 9.17) is 5.84 Å². The van der Waals surface area contributed by atoms with E-state index in [1.165, 1.54) is 4.88 Å². The predicted octanol–water partition coefficient (Wildman–Crippen LogP) is 3.22. The summed E-state index contributed by atoms with van der Waals surface area (Å²) in [5, 5.41) is 5.11. The molecule has 4 nitrogen and oxygen atoms in total. The zero-order valence-corrected chi connectivity index (χ0v) is 12.5. The summed E-state index contributed by atoms with van der Waals surface area (Å²) in [6.45, 7) is 3.97. The quantitative estimate of drug-likeness (QED) is 0.585. The fourth-order valence-electron chi connectivity index (χ4n) is 2.11. The van der Waals surface area contributed by atoms with Crippen molar-refractivity contribution in [2.45, 2.75) is 26.3 Å². The summed E-state index contributed by atoms with van der Waals surface area (Å²) in [7, 11) is 0. The molecule has 0 aliphatic heterocycles. The zero-order valence-electron chi connectivity index (χ0n) is 11.6. The standard InChI is InChI=1S/C15H19N3OS/c1-3-13(14-5-4-8-20-14)17-15(19)12-7-6-11(18-16)9-10(12)2/h4-9,13,18H,3,16H2,1-2H3,(H,17,19). The lowest BCUT2D eigenvalue weighted by molar-refractivity contribution is 0.0935. The third-order valence-corrected chi connectivity index (χ3v) is 4.22. The summed E-state index contributed by atoms with van der Waals surface area (Å²) in [5.74, 6) is 5.31. The Kier molecular flexibility index (Phi) is 4.76. The van der Waals surface area contributed by atoms with E-state index in [-0.39, 0.29) is 11.9 Å². The van der Waals surface area contributed by atoms with Crippen molar-refractivity contribution >= 4 is 22.9 Å². The normalized spacial score (nSPS) is 11.9. The number of hydrogen-bond donors (Lipinski definition) is 3. The maximum Gasteiger partial charge on any atom is 0.252 e. The van der Waals surface area contributed by atoms with Crippen molar-refractivity contribution in [3.63, 3.8) is 0 Å². The Morgan fingerprint density at radius 1 is 1.40 bits per heavy atom. The molecule has 20 heavy (non-hydrogen) atoms. The van der Waals surface area contributed by atoms with Crippen molar-refractivity contribution in [1.29, 1.82) is 0 Å². The van der Waals surface area contributed by atoms with E-state index in [9.17, 15) is 4.79 Å². The molecule has 1 aromatic heterocycles. The van der Waals surface area contributed by atoms with Crippen LogP contribution in [0.2, 0.25) is 0 Å². The van der Waals surface area contributed by atoms with Crippen LogP contribution in [0.1, 0.15) is 40.2 Å². The minimum atomic E-state index is -0.0497. The highest BCUT2D eigenvalue weighted by Crippen LogP contribution is 2.23. The second-order valence-electron chi connectivity index (χ2n) is 4.62. The molecule has 1 amide bonds. The number of aryl methyl sites for hydroxylation is 1. The van der Waals surface area contributed by atoms with Gasteiger partial charge in [0.1, 0.15) is 0 Å². The molecule has 0 saturated heterocycles. The van der Waals surface area contributed by atoms with Crippen molar-refractivity contribution in [2.24, 2.45) is 5.84 Å². The molecule has 2 rings (SSSR count). The van der Waals surface area contributed by atoms with Crippen LogP contribution < -0.4 is 16.6 Å². The molecule has 0 bridgehead atoms. The molecule has 0 saturated carbocycles. The number of hydrogen-bond acceptors (Lipinski definition) is 4. The number of hydrazine groups is 1. The minimum absolute atomic E-state index is 0.0497. The summed E-state index contributed by atoms with van der Waals surface area (Å²) < 4.78 is 0. The van der Waals surface area contributed by atoms with Gasteiger partial charge in [-0.25, -0.2) is 0 Å². The van der Waals surface area contributed by atoms with E-state index in [2.05, 4.69) is 17.7 Å². The van der Waals surface area contributed by atoms with Gasteiger partial charge in [0.05, 0.1) is 6.04 Å². The van der Waals surface area contributed by atoms with Gasteiger partial charge in [0.2, 0.25) is 0 Å². The fourth-order valence-corrected chi connectivity index (χ4v) is 2.97. The number of carbonyl (C=O) groups is 1. The third kappa shape index (κ3) is 3.18. The first-order valence-electron chi connectivity index (χ1n) is 6.57. The van der Waals surface area contributed by atoms with Crippen LogP contribution in [-0.4, -0.2) is 5.91 Å². The molecule has 5 heteroatoms. The number of amides is 1. The van der Waals surface area contributed by atoms with Gasteiger partial charge in [-0.1, -0.05) is 13.0 Å². The number of nitrogen functional groups attached to an aromatic ring is 1. The van der Waals surface area contributed by atoms with Crippen LogP contribution in [0.15, 0.2) is 35.7 Å². The van der Waals surface area contributed by atoms with Gasteiger partial charge in [-0.15, -0.1) is 11.3 Å². The van der Waals surface area contributed by atoms with Crippen molar-refractivity contribution < 1.29 is 4.79 Å². The molecule has 4 N–H and O–H groups in total. The summed E-state index contributed by atoms with van der Waals surface area (Å²) in [4.78, 5) is 13.6. The first kappa shape index (κ1) is 14.6. The summed E-state index contributed by atoms with van der Waals surface area (Å²) >= 11 is 1.66. The first-order valence-corrected chi connectivity index (χ1v) is 7.45. The predicted molar refractivity (Wildman–Crippen MR) is 83.8 cm³/mol. The molecule has 0 aliphatic rings. The second kappa shape index (κ2) is 6.54. The summed E-state index contributed by atoms with van der Waals surface area (Å²) in [6, 6.07) is 9.57. The lowest BCUT2D eigenvalue weighted by Crippen LogP contribution is -2.28. The smallest absolute Gasteiger partial charge is 0.252 e. The van der Waals surface area contributed by atoms with Crippen LogP contribution in [0.5, 0.6) is 0 Å². The lowest BCUT2D eigenvalue weighted by Gasteiger charge is -2.16. The highest BCUT2D eigenvalue weighted by Gasteiger charge is 2.16. The number of benzene rings is 1. The molecule has 1 atom stereocenters. The lowest BCUT2D eigenvalue weighted by atomic mass is 10.1. The van der Waals surface area contributed by atoms with Gasteiger partial charge in [-0.3, -0.25) is 10.6 Å². The molecule has 1 heterocycles. The van der Waals surface area contributed by atoms with Crippen LogP contribution in [0.25, 0.3) is 0 Å². The SMILES string of the molecule is CCC(NC(=O)c1ccc(NN)cc1C)c1cccs1. The van der Waals surface area contributed by atoms with E-state index in [0.717, 1.165) is 17.7 Å². The van der Waals surface area contributed by atoms with Gasteiger partial charge in [0.15, 0.2) is 0 Å². The number of nitrogens with two attached hydrogens (primary N) is 1. The van der Waals surface area contributed by atoms with Gasteiger partial charge in [-0.05, 0) is 48.6 Å². The number of carbonyl (C=O) groups excluding carboxylic acids is 1. The van der Waals surface area contributed by atoms with E-state index in [1.54, 1.807) is 23.5 Å². The summed E-state index contributed by atoms with van der Waals surface area (Å²) in [6.07, 6.45) is 0.869. The number of rotatable bonds is 5. The van der Waals surface area contributed by atoms with Crippen molar-refractivity contribution in [2.75, 3.05) is 5.43 Å². The fraction of sp³-hybridized carbons (Fsp3) is 0.267. The maximum atomic E-state index is 12.4. The average molecular weight is 289 g/mol. The largest absolute Gasteiger partial charge is 0.344 e. The molecule has 0 radical (unpaired) electrons. The van der Waals surface area contributed by atoms with Crippen LogP contribution in [0.4, 0.5) is 5.69 Å². The molecule has 0 fully saturated rings. The molecule has 1 aromatic carbocycles. The van der Waals surface area contributed by atoms with Crippen LogP contribution >= 0.6 is 11.3 Å². The number of nitrogens with one attached hydrogen (secondary N) is 2. The Morgan fingerprint density at radius 3 is 2.75 bits per heavy atom. The molecular formula is C15H19N3OS. The third-order valence-electron chi connectivity index (χ3n) is 3.24. The van der Waals surface area contributed by atoms with Crippen LogP contribution in [0.3, 0.4) is 0 Å². The van der Waals surface area contributed by atoms with Crippen LogP contribution in [0, 0.1) is 6.92 Å². The molecule has 0 spiro atoms. The zero-order chi connectivity index (χ0) is 14.5. The first-order chi connectivity index (χ1) is 9.65. The van der Waals surface area contributed by atoms with E-state index < -0.39 is 0 Å². The van der Waals surface area contributed by atoms with Gasteiger partial charge >= 0.3 is 0 Å². The van der Waals surface area contributed by atoms with E-state index in [1.807, 2.05) is 30.5 Å². The molecular weight excluding hydrogens is 270 g/mol. The molecule has 0 aliphatic carbocycles. The molecule has 1 unspecified atom stereocenters. The average Bonchev–Trinajstić information content (AvgIpc) is 2.98. The van der Waals surface area contributed by atoms with Crippen molar-refractivity contribution in [3.8, 4) is 0 Å². The minimum Gasteiger partial charge on any atom is -0.344 e. The van der Waals surface area contributed by atoms with Gasteiger partial charge < -0.3 is 10.7 Å². The number of thiophene rings is 1. The topological polar surface area (TPSA) is 67.2 Å². The maximum absolute atomic E-state index is 12.4. The monoisotopic (exact) mass is 289 g/mol. The van der Waals surface area contributed by atoms with E-state index in [0.29, 0.717) is 5.56 Å². The number of anilines is 1. The Labute approximate surface area is 123 Å². The Morgan fingerprint density at radius 2 is 2.20 bits per heavy atom. The van der Waals surface area contributed by atoms with Gasteiger partial charge in [-0.2, -0.15) is 0 Å². The highest BCUT2D eigenvalue weighted by molar-refractivity contribution is 7.10. The Hall–Kier alpha value is -1.85. The van der Waals surface area contributed by atoms with Crippen molar-refractivity contribution in [3.05, 3.63) is 51.7 Å².